The molecule has 1 amide bonds. The lowest BCUT2D eigenvalue weighted by Crippen LogP contribution is -2.34. The largest absolute Gasteiger partial charge is 0.329 e. The maximum absolute atomic E-state index is 11.9. The maximum atomic E-state index is 11.9. The zero-order valence-corrected chi connectivity index (χ0v) is 23.7. The highest BCUT2D eigenvalue weighted by Crippen LogP contribution is 2.47. The number of amides is 1. The Morgan fingerprint density at radius 1 is 0.861 bits per heavy atom. The Morgan fingerprint density at radius 2 is 1.47 bits per heavy atom. The number of carbonyl (C=O) groups excluding carboxylic acids is 1. The number of allylic oxidation sites excluding steroid dienone is 6. The Morgan fingerprint density at radius 3 is 2.03 bits per heavy atom. The van der Waals surface area contributed by atoms with Crippen LogP contribution in [0.2, 0.25) is 0 Å². The van der Waals surface area contributed by atoms with E-state index in [-0.39, 0.29) is 27.6 Å². The van der Waals surface area contributed by atoms with Crippen LogP contribution in [-0.4, -0.2) is 28.6 Å². The minimum absolute atomic E-state index is 0.0717. The molecule has 6 nitrogen and oxygen atoms in total. The smallest absolute Gasteiger partial charge is 0.225 e. The SMILES string of the molecule is C/C(C1=NC(C)(C#N)C(C)(C)C1)=C1N=C(/C=C2N=C(/C=C3\NC(=O)CC3(C)C)CC\2(C)C)CC/1(C)C. The van der Waals surface area contributed by atoms with Crippen LogP contribution in [0.3, 0.4) is 0 Å². The average molecular weight is 488 g/mol. The molecule has 1 N–H and O–H groups in total. The lowest BCUT2D eigenvalue weighted by Gasteiger charge is -2.29. The van der Waals surface area contributed by atoms with Gasteiger partial charge < -0.3 is 5.32 Å². The fraction of sp³-hybridized carbons (Fsp3) is 0.633. The van der Waals surface area contributed by atoms with Gasteiger partial charge in [0.15, 0.2) is 0 Å². The number of hydrogen-bond donors (Lipinski definition) is 1. The van der Waals surface area contributed by atoms with Gasteiger partial charge in [-0.25, -0.2) is 0 Å². The monoisotopic (exact) mass is 487 g/mol. The van der Waals surface area contributed by atoms with E-state index in [1.165, 1.54) is 0 Å². The van der Waals surface area contributed by atoms with Gasteiger partial charge in [-0.05, 0) is 38.0 Å². The normalized spacial score (nSPS) is 33.4. The minimum atomic E-state index is -0.720. The van der Waals surface area contributed by atoms with Crippen molar-refractivity contribution in [2.45, 2.75) is 100 Å². The number of nitrogens with one attached hydrogen (secondary N) is 1. The lowest BCUT2D eigenvalue weighted by atomic mass is 9.73. The maximum Gasteiger partial charge on any atom is 0.225 e. The topological polar surface area (TPSA) is 90.0 Å². The van der Waals surface area contributed by atoms with Gasteiger partial charge in [-0.3, -0.25) is 19.8 Å². The first-order valence-corrected chi connectivity index (χ1v) is 13.0. The Labute approximate surface area is 216 Å². The molecule has 4 heterocycles. The number of nitrogens with zero attached hydrogens (tertiary/aromatic N) is 4. The van der Waals surface area contributed by atoms with Crippen LogP contribution >= 0.6 is 0 Å². The summed E-state index contributed by atoms with van der Waals surface area (Å²) in [5.74, 6) is 0.0717. The van der Waals surface area contributed by atoms with Gasteiger partial charge in [-0.2, -0.15) is 5.26 Å². The molecule has 4 aliphatic heterocycles. The third kappa shape index (κ3) is 4.42. The minimum Gasteiger partial charge on any atom is -0.329 e. The van der Waals surface area contributed by atoms with Crippen LogP contribution in [0.15, 0.2) is 49.8 Å². The average Bonchev–Trinajstić information content (AvgIpc) is 3.35. The molecule has 4 rings (SSSR count). The van der Waals surface area contributed by atoms with Crippen LogP contribution < -0.4 is 5.32 Å². The van der Waals surface area contributed by atoms with Crippen molar-refractivity contribution in [1.82, 2.24) is 5.32 Å². The number of rotatable bonds is 3. The zero-order chi connectivity index (χ0) is 26.9. The van der Waals surface area contributed by atoms with Crippen molar-refractivity contribution >= 4 is 23.0 Å². The number of aliphatic imine (C=N–C) groups is 3. The van der Waals surface area contributed by atoms with Gasteiger partial charge in [-0.1, -0.05) is 55.4 Å². The highest BCUT2D eigenvalue weighted by atomic mass is 16.2. The summed E-state index contributed by atoms with van der Waals surface area (Å²) in [5.41, 5.74) is 5.82. The molecule has 0 aromatic carbocycles. The van der Waals surface area contributed by atoms with Crippen molar-refractivity contribution in [3.63, 3.8) is 0 Å². The highest BCUT2D eigenvalue weighted by Gasteiger charge is 2.48. The molecule has 0 bridgehead atoms. The molecule has 1 unspecified atom stereocenters. The van der Waals surface area contributed by atoms with E-state index in [1.54, 1.807) is 0 Å². The number of carbonyl (C=O) groups is 1. The van der Waals surface area contributed by atoms with E-state index in [0.717, 1.165) is 59.1 Å². The van der Waals surface area contributed by atoms with E-state index in [9.17, 15) is 10.1 Å². The molecule has 4 aliphatic rings. The summed E-state index contributed by atoms with van der Waals surface area (Å²) in [7, 11) is 0. The first-order chi connectivity index (χ1) is 16.4. The molecule has 1 fully saturated rings. The molecule has 0 spiro atoms. The molecule has 6 heteroatoms. The quantitative estimate of drug-likeness (QED) is 0.494. The summed E-state index contributed by atoms with van der Waals surface area (Å²) in [5, 5.41) is 12.8. The summed E-state index contributed by atoms with van der Waals surface area (Å²) in [6.07, 6.45) is 7.16. The van der Waals surface area contributed by atoms with Crippen molar-refractivity contribution in [3.05, 3.63) is 34.8 Å². The van der Waals surface area contributed by atoms with Crippen molar-refractivity contribution in [1.29, 1.82) is 5.26 Å². The van der Waals surface area contributed by atoms with Gasteiger partial charge in [0.05, 0.1) is 11.8 Å². The molecule has 0 aromatic rings. The predicted molar refractivity (Wildman–Crippen MR) is 147 cm³/mol. The van der Waals surface area contributed by atoms with E-state index in [1.807, 2.05) is 6.92 Å². The second kappa shape index (κ2) is 8.10. The molecule has 0 aromatic heterocycles. The summed E-state index contributed by atoms with van der Waals surface area (Å²) in [6, 6.07) is 2.43. The van der Waals surface area contributed by atoms with Crippen LogP contribution in [0, 0.1) is 33.0 Å². The van der Waals surface area contributed by atoms with E-state index in [4.69, 9.17) is 15.0 Å². The third-order valence-corrected chi connectivity index (χ3v) is 8.61. The van der Waals surface area contributed by atoms with Gasteiger partial charge in [0.2, 0.25) is 5.91 Å². The van der Waals surface area contributed by atoms with Crippen molar-refractivity contribution in [3.8, 4) is 6.07 Å². The first-order valence-electron chi connectivity index (χ1n) is 13.0. The number of hydrogen-bond acceptors (Lipinski definition) is 5. The van der Waals surface area contributed by atoms with E-state index < -0.39 is 5.54 Å². The standard InChI is InChI=1S/C30H41N5O/c1-18(21-15-29(8,9)30(10,17-31)35-21)25-28(6,7)14-20(33-25)12-22-26(2,3)13-19(32-22)11-23-27(4,5)16-24(36)34-23/h11-12H,13-16H2,1-10H3,(H,34,36)/b22-12-,23-11-,25-18-. The molecular formula is C30H41N5O. The van der Waals surface area contributed by atoms with E-state index in [2.05, 4.69) is 85.9 Å². The van der Waals surface area contributed by atoms with Crippen molar-refractivity contribution in [2.75, 3.05) is 0 Å². The van der Waals surface area contributed by atoms with Gasteiger partial charge in [0, 0.05) is 69.5 Å². The first kappa shape index (κ1) is 26.3. The molecule has 0 radical (unpaired) electrons. The van der Waals surface area contributed by atoms with Gasteiger partial charge in [0.25, 0.3) is 0 Å². The Balaban J connectivity index is 1.68. The summed E-state index contributed by atoms with van der Waals surface area (Å²) in [6.45, 7) is 21.4. The zero-order valence-electron chi connectivity index (χ0n) is 23.7. The molecule has 1 saturated heterocycles. The second-order valence-corrected chi connectivity index (χ2v) is 13.8. The molecule has 1 atom stereocenters. The van der Waals surface area contributed by atoms with E-state index >= 15 is 0 Å². The summed E-state index contributed by atoms with van der Waals surface area (Å²) in [4.78, 5) is 26.9. The molecule has 36 heavy (non-hydrogen) atoms. The fourth-order valence-electron chi connectivity index (χ4n) is 5.74. The predicted octanol–water partition coefficient (Wildman–Crippen LogP) is 6.47. The Hall–Kier alpha value is -2.81. The van der Waals surface area contributed by atoms with Crippen molar-refractivity contribution in [2.24, 2.45) is 36.6 Å². The molecule has 192 valence electrons. The Kier molecular flexibility index (Phi) is 5.91. The van der Waals surface area contributed by atoms with E-state index in [0.29, 0.717) is 6.42 Å². The van der Waals surface area contributed by atoms with Gasteiger partial charge in [0.1, 0.15) is 5.54 Å². The highest BCUT2D eigenvalue weighted by molar-refractivity contribution is 6.06. The lowest BCUT2D eigenvalue weighted by molar-refractivity contribution is -0.119. The second-order valence-electron chi connectivity index (χ2n) is 13.8. The third-order valence-electron chi connectivity index (χ3n) is 8.61. The van der Waals surface area contributed by atoms with Crippen LogP contribution in [0.25, 0.3) is 0 Å². The summed E-state index contributed by atoms with van der Waals surface area (Å²) >= 11 is 0. The van der Waals surface area contributed by atoms with Crippen LogP contribution in [0.1, 0.15) is 94.9 Å². The molecular weight excluding hydrogens is 446 g/mol. The van der Waals surface area contributed by atoms with Gasteiger partial charge in [-0.15, -0.1) is 0 Å². The van der Waals surface area contributed by atoms with Crippen LogP contribution in [-0.2, 0) is 4.79 Å². The van der Waals surface area contributed by atoms with Crippen LogP contribution in [0.5, 0.6) is 0 Å². The van der Waals surface area contributed by atoms with Gasteiger partial charge >= 0.3 is 0 Å². The Bertz CT molecular complexity index is 1260. The molecule has 0 saturated carbocycles. The molecule has 0 aliphatic carbocycles. The van der Waals surface area contributed by atoms with Crippen LogP contribution in [0.4, 0.5) is 0 Å². The van der Waals surface area contributed by atoms with Crippen molar-refractivity contribution < 1.29 is 4.79 Å². The summed E-state index contributed by atoms with van der Waals surface area (Å²) < 4.78 is 0. The number of nitriles is 1. The fourth-order valence-corrected chi connectivity index (χ4v) is 5.74.